The summed E-state index contributed by atoms with van der Waals surface area (Å²) in [6.45, 7) is 10.6. The summed E-state index contributed by atoms with van der Waals surface area (Å²) in [6.07, 6.45) is 3.88. The first kappa shape index (κ1) is 22.4. The first-order valence-electron chi connectivity index (χ1n) is 11.8. The normalized spacial score (nSPS) is 15.1. The molecule has 2 N–H and O–H groups in total. The smallest absolute Gasteiger partial charge is 0.229 e. The van der Waals surface area contributed by atoms with Gasteiger partial charge in [0.25, 0.3) is 0 Å². The molecular formula is C25H29FN8. The quantitative estimate of drug-likeness (QED) is 0.431. The largest absolute Gasteiger partial charge is 0.309 e. The van der Waals surface area contributed by atoms with E-state index in [4.69, 9.17) is 0 Å². The van der Waals surface area contributed by atoms with Crippen LogP contribution in [0.15, 0.2) is 42.7 Å². The van der Waals surface area contributed by atoms with Crippen LogP contribution in [0.25, 0.3) is 22.2 Å². The third-order valence-corrected chi connectivity index (χ3v) is 6.39. The Morgan fingerprint density at radius 3 is 2.56 bits per heavy atom. The van der Waals surface area contributed by atoms with Crippen LogP contribution >= 0.6 is 0 Å². The summed E-state index contributed by atoms with van der Waals surface area (Å²) in [6, 6.07) is 9.59. The van der Waals surface area contributed by atoms with Gasteiger partial charge in [0, 0.05) is 55.6 Å². The van der Waals surface area contributed by atoms with E-state index in [1.165, 1.54) is 6.20 Å². The molecule has 0 spiro atoms. The van der Waals surface area contributed by atoms with Gasteiger partial charge in [0.15, 0.2) is 5.82 Å². The lowest BCUT2D eigenvalue weighted by Crippen LogP contribution is -2.45. The molecule has 0 unspecified atom stereocenters. The van der Waals surface area contributed by atoms with Crippen molar-refractivity contribution >= 4 is 22.7 Å². The van der Waals surface area contributed by atoms with E-state index in [1.54, 1.807) is 0 Å². The molecule has 0 amide bonds. The Kier molecular flexibility index (Phi) is 6.46. The number of likely N-dealkylation sites (N-methyl/N-ethyl adjacent to an activating group) is 1. The van der Waals surface area contributed by atoms with Gasteiger partial charge in [-0.2, -0.15) is 5.10 Å². The highest BCUT2D eigenvalue weighted by atomic mass is 19.1. The molecule has 1 aliphatic heterocycles. The van der Waals surface area contributed by atoms with Crippen molar-refractivity contribution in [1.29, 1.82) is 0 Å². The van der Waals surface area contributed by atoms with Crippen molar-refractivity contribution in [2.75, 3.05) is 38.0 Å². The Balaban J connectivity index is 1.29. The fourth-order valence-corrected chi connectivity index (χ4v) is 4.34. The average Bonchev–Trinajstić information content (AvgIpc) is 3.29. The summed E-state index contributed by atoms with van der Waals surface area (Å²) in [5.41, 5.74) is 3.95. The van der Waals surface area contributed by atoms with Gasteiger partial charge in [-0.25, -0.2) is 19.3 Å². The van der Waals surface area contributed by atoms with Crippen molar-refractivity contribution in [3.63, 3.8) is 0 Å². The van der Waals surface area contributed by atoms with E-state index in [0.29, 0.717) is 17.3 Å². The number of aromatic amines is 1. The van der Waals surface area contributed by atoms with E-state index in [9.17, 15) is 4.39 Å². The second-order valence-electron chi connectivity index (χ2n) is 8.56. The van der Waals surface area contributed by atoms with Crippen molar-refractivity contribution in [1.82, 2.24) is 34.9 Å². The van der Waals surface area contributed by atoms with E-state index < -0.39 is 5.82 Å². The van der Waals surface area contributed by atoms with Gasteiger partial charge >= 0.3 is 0 Å². The molecule has 34 heavy (non-hydrogen) atoms. The number of pyridine rings is 1. The number of H-pyrrole nitrogens is 1. The fraction of sp³-hybridized carbons (Fsp3) is 0.360. The van der Waals surface area contributed by atoms with Crippen molar-refractivity contribution in [2.24, 2.45) is 0 Å². The molecule has 1 aromatic carbocycles. The maximum atomic E-state index is 14.6. The zero-order valence-corrected chi connectivity index (χ0v) is 19.6. The molecule has 1 saturated heterocycles. The van der Waals surface area contributed by atoms with Crippen LogP contribution in [0.2, 0.25) is 0 Å². The first-order chi connectivity index (χ1) is 16.6. The summed E-state index contributed by atoms with van der Waals surface area (Å²) in [5.74, 6) is 0.448. The molecular weight excluding hydrogens is 431 g/mol. The van der Waals surface area contributed by atoms with Gasteiger partial charge in [0.1, 0.15) is 11.5 Å². The number of hydrogen-bond acceptors (Lipinski definition) is 7. The van der Waals surface area contributed by atoms with Crippen molar-refractivity contribution in [3.8, 4) is 11.3 Å². The molecule has 9 heteroatoms. The molecule has 3 aromatic heterocycles. The number of halogens is 1. The molecule has 0 radical (unpaired) electrons. The number of nitrogens with one attached hydrogen (secondary N) is 2. The number of hydrogen-bond donors (Lipinski definition) is 2. The highest BCUT2D eigenvalue weighted by molar-refractivity contribution is 5.86. The molecule has 5 rings (SSSR count). The lowest BCUT2D eigenvalue weighted by molar-refractivity contribution is 0.132. The van der Waals surface area contributed by atoms with E-state index in [0.717, 1.165) is 67.8 Å². The van der Waals surface area contributed by atoms with Gasteiger partial charge in [-0.1, -0.05) is 26.0 Å². The van der Waals surface area contributed by atoms with E-state index in [-0.39, 0.29) is 5.69 Å². The number of rotatable bonds is 7. The monoisotopic (exact) mass is 460 g/mol. The topological polar surface area (TPSA) is 85.9 Å². The number of anilines is 2. The summed E-state index contributed by atoms with van der Waals surface area (Å²) >= 11 is 0. The second-order valence-corrected chi connectivity index (χ2v) is 8.56. The molecule has 1 fully saturated rings. The Morgan fingerprint density at radius 1 is 1.00 bits per heavy atom. The molecule has 8 nitrogen and oxygen atoms in total. The third-order valence-electron chi connectivity index (χ3n) is 6.39. The predicted molar refractivity (Wildman–Crippen MR) is 131 cm³/mol. The average molecular weight is 461 g/mol. The summed E-state index contributed by atoms with van der Waals surface area (Å²) in [7, 11) is 0. The SMILES string of the molecule is CCc1[nH]nc2ccc(-c3nc(Nc4ccc(CN5CCN(CC)CC5)cn4)ncc3F)cc12. The molecule has 4 heterocycles. The summed E-state index contributed by atoms with van der Waals surface area (Å²) in [4.78, 5) is 18.0. The van der Waals surface area contributed by atoms with Crippen LogP contribution < -0.4 is 5.32 Å². The van der Waals surface area contributed by atoms with Gasteiger partial charge in [-0.15, -0.1) is 0 Å². The highest BCUT2D eigenvalue weighted by Crippen LogP contribution is 2.27. The molecule has 4 aromatic rings. The number of aryl methyl sites for hydroxylation is 1. The van der Waals surface area contributed by atoms with Crippen molar-refractivity contribution < 1.29 is 4.39 Å². The van der Waals surface area contributed by atoms with Gasteiger partial charge in [-0.3, -0.25) is 10.00 Å². The van der Waals surface area contributed by atoms with Gasteiger partial charge in [-0.05, 0) is 36.7 Å². The Labute approximate surface area is 198 Å². The number of benzene rings is 1. The summed E-state index contributed by atoms with van der Waals surface area (Å²) < 4.78 is 14.6. The molecule has 0 bridgehead atoms. The Morgan fingerprint density at radius 2 is 1.82 bits per heavy atom. The van der Waals surface area contributed by atoms with Gasteiger partial charge < -0.3 is 10.2 Å². The van der Waals surface area contributed by atoms with E-state index in [2.05, 4.69) is 60.2 Å². The third kappa shape index (κ3) is 4.76. The maximum Gasteiger partial charge on any atom is 0.229 e. The summed E-state index contributed by atoms with van der Waals surface area (Å²) in [5, 5.41) is 11.4. The minimum absolute atomic E-state index is 0.241. The van der Waals surface area contributed by atoms with Crippen LogP contribution in [0.1, 0.15) is 25.1 Å². The molecule has 176 valence electrons. The number of nitrogens with zero attached hydrogens (tertiary/aromatic N) is 6. The Hall–Kier alpha value is -3.43. The lowest BCUT2D eigenvalue weighted by Gasteiger charge is -2.33. The van der Waals surface area contributed by atoms with Crippen LogP contribution in [0.3, 0.4) is 0 Å². The molecule has 1 aliphatic rings. The van der Waals surface area contributed by atoms with Crippen molar-refractivity contribution in [2.45, 2.75) is 26.8 Å². The van der Waals surface area contributed by atoms with Gasteiger partial charge in [0.2, 0.25) is 5.95 Å². The second kappa shape index (κ2) is 9.82. The van der Waals surface area contributed by atoms with Crippen LogP contribution in [-0.4, -0.2) is 67.7 Å². The predicted octanol–water partition coefficient (Wildman–Crippen LogP) is 4.00. The molecule has 0 atom stereocenters. The molecule has 0 saturated carbocycles. The highest BCUT2D eigenvalue weighted by Gasteiger charge is 2.16. The van der Waals surface area contributed by atoms with Gasteiger partial charge in [0.05, 0.1) is 11.7 Å². The minimum Gasteiger partial charge on any atom is -0.309 e. The van der Waals surface area contributed by atoms with Crippen LogP contribution in [-0.2, 0) is 13.0 Å². The molecule has 0 aliphatic carbocycles. The lowest BCUT2D eigenvalue weighted by atomic mass is 10.1. The van der Waals surface area contributed by atoms with Crippen LogP contribution in [0, 0.1) is 5.82 Å². The van der Waals surface area contributed by atoms with Crippen LogP contribution in [0.5, 0.6) is 0 Å². The number of aromatic nitrogens is 5. The maximum absolute atomic E-state index is 14.6. The van der Waals surface area contributed by atoms with Crippen molar-refractivity contribution in [3.05, 3.63) is 59.8 Å². The van der Waals surface area contributed by atoms with Crippen LogP contribution in [0.4, 0.5) is 16.2 Å². The zero-order valence-electron chi connectivity index (χ0n) is 19.6. The fourth-order valence-electron chi connectivity index (χ4n) is 4.34. The minimum atomic E-state index is -0.474. The van der Waals surface area contributed by atoms with E-state index in [1.807, 2.05) is 30.5 Å². The zero-order chi connectivity index (χ0) is 23.5. The Bertz CT molecular complexity index is 1260. The number of fused-ring (bicyclic) bond motifs is 1. The standard InChI is InChI=1S/C25H29FN8/c1-3-21-19-13-18(6-7-22(19)32-31-21)24-20(26)15-28-25(30-24)29-23-8-5-17(14-27-23)16-34-11-9-33(4-2)10-12-34/h5-8,13-15H,3-4,9-12,16H2,1-2H3,(H,31,32)(H,27,28,29,30). The van der Waals surface area contributed by atoms with E-state index >= 15 is 0 Å². The first-order valence-corrected chi connectivity index (χ1v) is 11.8. The number of piperazine rings is 1.